The van der Waals surface area contributed by atoms with Gasteiger partial charge in [0.15, 0.2) is 9.84 Å². The highest BCUT2D eigenvalue weighted by Crippen LogP contribution is 2.45. The van der Waals surface area contributed by atoms with Crippen LogP contribution in [0.4, 0.5) is 4.39 Å². The summed E-state index contributed by atoms with van der Waals surface area (Å²) in [6.45, 7) is 0. The Hall–Kier alpha value is -1.43. The van der Waals surface area contributed by atoms with Gasteiger partial charge in [-0.2, -0.15) is 0 Å². The van der Waals surface area contributed by atoms with Crippen LogP contribution in [0.5, 0.6) is 0 Å². The largest absolute Gasteiger partial charge is 0.352 e. The first-order valence-electron chi connectivity index (χ1n) is 7.19. The summed E-state index contributed by atoms with van der Waals surface area (Å²) < 4.78 is 37.0. The molecule has 1 unspecified atom stereocenters. The Kier molecular flexibility index (Phi) is 3.51. The number of benzene rings is 1. The van der Waals surface area contributed by atoms with E-state index in [0.717, 1.165) is 6.42 Å². The maximum atomic E-state index is 14.0. The molecule has 4 nitrogen and oxygen atoms in total. The Morgan fingerprint density at radius 3 is 2.52 bits per heavy atom. The van der Waals surface area contributed by atoms with E-state index < -0.39 is 15.3 Å². The Morgan fingerprint density at radius 1 is 1.29 bits per heavy atom. The molecule has 2 fully saturated rings. The van der Waals surface area contributed by atoms with Gasteiger partial charge in [-0.15, -0.1) is 0 Å². The van der Waals surface area contributed by atoms with Crippen LogP contribution in [0.2, 0.25) is 0 Å². The fourth-order valence-corrected chi connectivity index (χ4v) is 4.90. The van der Waals surface area contributed by atoms with E-state index in [0.29, 0.717) is 24.8 Å². The van der Waals surface area contributed by atoms with Crippen LogP contribution >= 0.6 is 0 Å². The van der Waals surface area contributed by atoms with Gasteiger partial charge in [0, 0.05) is 11.6 Å². The highest BCUT2D eigenvalue weighted by Gasteiger charge is 2.48. The number of nitrogens with one attached hydrogen (secondary N) is 1. The predicted octanol–water partition coefficient (Wildman–Crippen LogP) is 1.55. The van der Waals surface area contributed by atoms with Crippen molar-refractivity contribution in [1.29, 1.82) is 0 Å². The van der Waals surface area contributed by atoms with Crippen LogP contribution in [0.1, 0.15) is 31.2 Å². The van der Waals surface area contributed by atoms with Gasteiger partial charge in [-0.3, -0.25) is 4.79 Å². The molecule has 1 heterocycles. The van der Waals surface area contributed by atoms with Crippen molar-refractivity contribution < 1.29 is 17.6 Å². The van der Waals surface area contributed by atoms with Crippen LogP contribution in [0.15, 0.2) is 24.3 Å². The average molecular weight is 311 g/mol. The standard InChI is InChI=1S/C15H18FNO3S/c16-13-5-2-1-4-12(13)15(7-3-8-15)14(18)17-11-6-9-21(19,20)10-11/h1-2,4-5,11H,3,6-10H2,(H,17,18). The highest BCUT2D eigenvalue weighted by atomic mass is 32.2. The predicted molar refractivity (Wildman–Crippen MR) is 77.1 cm³/mol. The van der Waals surface area contributed by atoms with Crippen LogP contribution in [-0.4, -0.2) is 31.9 Å². The van der Waals surface area contributed by atoms with Gasteiger partial charge < -0.3 is 5.32 Å². The number of carbonyl (C=O) groups is 1. The molecule has 3 rings (SSSR count). The molecule has 1 amide bonds. The second-order valence-electron chi connectivity index (χ2n) is 5.99. The molecule has 21 heavy (non-hydrogen) atoms. The molecule has 1 aromatic carbocycles. The summed E-state index contributed by atoms with van der Waals surface area (Å²) in [6.07, 6.45) is 2.55. The molecule has 6 heteroatoms. The number of hydrogen-bond donors (Lipinski definition) is 1. The molecular formula is C15H18FNO3S. The van der Waals surface area contributed by atoms with Crippen molar-refractivity contribution in [2.24, 2.45) is 0 Å². The fraction of sp³-hybridized carbons (Fsp3) is 0.533. The number of carbonyl (C=O) groups excluding carboxylic acids is 1. The molecular weight excluding hydrogens is 293 g/mol. The van der Waals surface area contributed by atoms with Gasteiger partial charge in [0.05, 0.1) is 16.9 Å². The first-order valence-corrected chi connectivity index (χ1v) is 9.01. The minimum Gasteiger partial charge on any atom is -0.352 e. The van der Waals surface area contributed by atoms with Gasteiger partial charge in [-0.1, -0.05) is 24.6 Å². The molecule has 1 saturated heterocycles. The molecule has 0 spiro atoms. The normalized spacial score (nSPS) is 26.0. The minimum absolute atomic E-state index is 0.00785. The van der Waals surface area contributed by atoms with Crippen molar-refractivity contribution in [3.05, 3.63) is 35.6 Å². The fourth-order valence-electron chi connectivity index (χ4n) is 3.23. The van der Waals surface area contributed by atoms with Crippen molar-refractivity contribution >= 4 is 15.7 Å². The van der Waals surface area contributed by atoms with E-state index in [4.69, 9.17) is 0 Å². The molecule has 1 aromatic rings. The Bertz CT molecular complexity index is 667. The highest BCUT2D eigenvalue weighted by molar-refractivity contribution is 7.91. The topological polar surface area (TPSA) is 63.2 Å². The van der Waals surface area contributed by atoms with Crippen LogP contribution in [0.3, 0.4) is 0 Å². The molecule has 0 radical (unpaired) electrons. The van der Waals surface area contributed by atoms with Gasteiger partial charge in [0.2, 0.25) is 5.91 Å². The third kappa shape index (κ3) is 2.57. The Labute approximate surface area is 123 Å². The second kappa shape index (κ2) is 5.09. The quantitative estimate of drug-likeness (QED) is 0.921. The lowest BCUT2D eigenvalue weighted by Gasteiger charge is -2.41. The van der Waals surface area contributed by atoms with Gasteiger partial charge in [0.1, 0.15) is 5.82 Å². The lowest BCUT2D eigenvalue weighted by Crippen LogP contribution is -2.52. The zero-order chi connectivity index (χ0) is 15.1. The summed E-state index contributed by atoms with van der Waals surface area (Å²) in [6, 6.07) is 6.01. The van der Waals surface area contributed by atoms with E-state index >= 15 is 0 Å². The molecule has 0 bridgehead atoms. The molecule has 114 valence electrons. The lowest BCUT2D eigenvalue weighted by atomic mass is 9.63. The average Bonchev–Trinajstić information content (AvgIpc) is 2.69. The van der Waals surface area contributed by atoms with Crippen LogP contribution in [0.25, 0.3) is 0 Å². The molecule has 1 N–H and O–H groups in total. The van der Waals surface area contributed by atoms with E-state index in [-0.39, 0.29) is 29.3 Å². The third-order valence-electron chi connectivity index (χ3n) is 4.60. The maximum Gasteiger partial charge on any atom is 0.231 e. The minimum atomic E-state index is -3.04. The van der Waals surface area contributed by atoms with E-state index in [2.05, 4.69) is 5.32 Å². The Morgan fingerprint density at radius 2 is 2.00 bits per heavy atom. The zero-order valence-corrected chi connectivity index (χ0v) is 12.5. The number of amides is 1. The van der Waals surface area contributed by atoms with E-state index in [1.165, 1.54) is 6.07 Å². The smallest absolute Gasteiger partial charge is 0.231 e. The van der Waals surface area contributed by atoms with Crippen molar-refractivity contribution in [3.63, 3.8) is 0 Å². The van der Waals surface area contributed by atoms with Crippen LogP contribution < -0.4 is 5.32 Å². The van der Waals surface area contributed by atoms with Crippen molar-refractivity contribution in [1.82, 2.24) is 5.32 Å². The van der Waals surface area contributed by atoms with E-state index in [9.17, 15) is 17.6 Å². The van der Waals surface area contributed by atoms with E-state index in [1.807, 2.05) is 0 Å². The van der Waals surface area contributed by atoms with E-state index in [1.54, 1.807) is 18.2 Å². The molecule has 2 aliphatic rings. The van der Waals surface area contributed by atoms with Gasteiger partial charge in [-0.05, 0) is 25.3 Å². The summed E-state index contributed by atoms with van der Waals surface area (Å²) >= 11 is 0. The third-order valence-corrected chi connectivity index (χ3v) is 6.37. The summed E-state index contributed by atoms with van der Waals surface area (Å²) in [5.74, 6) is -0.496. The lowest BCUT2D eigenvalue weighted by molar-refractivity contribution is -0.130. The second-order valence-corrected chi connectivity index (χ2v) is 8.22. The molecule has 1 aliphatic heterocycles. The molecule has 0 aromatic heterocycles. The zero-order valence-electron chi connectivity index (χ0n) is 11.6. The SMILES string of the molecule is O=C(NC1CCS(=O)(=O)C1)C1(c2ccccc2F)CCC1. The van der Waals surface area contributed by atoms with Crippen LogP contribution in [-0.2, 0) is 20.0 Å². The van der Waals surface area contributed by atoms with Crippen molar-refractivity contribution in [3.8, 4) is 0 Å². The van der Waals surface area contributed by atoms with Crippen molar-refractivity contribution in [2.75, 3.05) is 11.5 Å². The molecule has 1 atom stereocenters. The van der Waals surface area contributed by atoms with Crippen molar-refractivity contribution in [2.45, 2.75) is 37.1 Å². The first kappa shape index (κ1) is 14.5. The maximum absolute atomic E-state index is 14.0. The first-order chi connectivity index (χ1) is 9.93. The summed E-state index contributed by atoms with van der Waals surface area (Å²) in [7, 11) is -3.04. The van der Waals surface area contributed by atoms with Gasteiger partial charge in [0.25, 0.3) is 0 Å². The molecule has 1 aliphatic carbocycles. The number of sulfone groups is 1. The number of halogens is 1. The summed E-state index contributed by atoms with van der Waals surface area (Å²) in [5, 5.41) is 2.82. The van der Waals surface area contributed by atoms with Gasteiger partial charge in [-0.25, -0.2) is 12.8 Å². The Balaban J connectivity index is 1.81. The number of rotatable bonds is 3. The summed E-state index contributed by atoms with van der Waals surface area (Å²) in [4.78, 5) is 12.6. The van der Waals surface area contributed by atoms with Gasteiger partial charge >= 0.3 is 0 Å². The van der Waals surface area contributed by atoms with Crippen LogP contribution in [0, 0.1) is 5.82 Å². The number of hydrogen-bond acceptors (Lipinski definition) is 3. The molecule has 1 saturated carbocycles. The monoisotopic (exact) mass is 311 g/mol. The summed E-state index contributed by atoms with van der Waals surface area (Å²) in [5.41, 5.74) is -0.396.